The lowest BCUT2D eigenvalue weighted by Gasteiger charge is -2.09. The van der Waals surface area contributed by atoms with Crippen LogP contribution in [-0.2, 0) is 9.47 Å². The second kappa shape index (κ2) is 5.75. The van der Waals surface area contributed by atoms with Gasteiger partial charge in [-0.3, -0.25) is 0 Å². The molecule has 96 valence electrons. The summed E-state index contributed by atoms with van der Waals surface area (Å²) in [7, 11) is 3.05. The molecule has 3 nitrogen and oxygen atoms in total. The van der Waals surface area contributed by atoms with E-state index in [1.165, 1.54) is 31.6 Å². The van der Waals surface area contributed by atoms with Gasteiger partial charge in [-0.05, 0) is 18.2 Å². The standard InChI is InChI=1S/C12H11ClFNO2S/c1-16-12(17-2)10-6-18-11(15-10)8-4-3-7(13)5-9(8)14/h3-6,12H,1-2H3. The second-order valence-corrected chi connectivity index (χ2v) is 4.80. The quantitative estimate of drug-likeness (QED) is 0.799. The van der Waals surface area contributed by atoms with Gasteiger partial charge in [-0.15, -0.1) is 11.3 Å². The topological polar surface area (TPSA) is 31.4 Å². The van der Waals surface area contributed by atoms with Crippen LogP contribution in [0.5, 0.6) is 0 Å². The van der Waals surface area contributed by atoms with Gasteiger partial charge in [0.15, 0.2) is 0 Å². The van der Waals surface area contributed by atoms with Gasteiger partial charge < -0.3 is 9.47 Å². The van der Waals surface area contributed by atoms with E-state index in [4.69, 9.17) is 21.1 Å². The Balaban J connectivity index is 2.34. The largest absolute Gasteiger partial charge is 0.350 e. The summed E-state index contributed by atoms with van der Waals surface area (Å²) in [4.78, 5) is 4.30. The molecule has 1 aromatic heterocycles. The number of methoxy groups -OCH3 is 2. The molecule has 2 aromatic rings. The SMILES string of the molecule is COC(OC)c1csc(-c2ccc(Cl)cc2F)n1. The first-order valence-corrected chi connectivity index (χ1v) is 6.38. The van der Waals surface area contributed by atoms with Gasteiger partial charge in [-0.2, -0.15) is 0 Å². The average Bonchev–Trinajstić information content (AvgIpc) is 2.80. The second-order valence-electron chi connectivity index (χ2n) is 3.51. The molecular weight excluding hydrogens is 277 g/mol. The lowest BCUT2D eigenvalue weighted by molar-refractivity contribution is -0.108. The zero-order valence-electron chi connectivity index (χ0n) is 9.81. The van der Waals surface area contributed by atoms with E-state index in [9.17, 15) is 4.39 Å². The van der Waals surface area contributed by atoms with E-state index in [2.05, 4.69) is 4.98 Å². The third kappa shape index (κ3) is 2.70. The molecule has 0 fully saturated rings. The number of aromatic nitrogens is 1. The van der Waals surface area contributed by atoms with Crippen molar-refractivity contribution >= 4 is 22.9 Å². The third-order valence-electron chi connectivity index (χ3n) is 2.35. The van der Waals surface area contributed by atoms with Crippen molar-refractivity contribution in [2.24, 2.45) is 0 Å². The van der Waals surface area contributed by atoms with Gasteiger partial charge in [0, 0.05) is 30.2 Å². The number of hydrogen-bond donors (Lipinski definition) is 0. The molecule has 0 radical (unpaired) electrons. The first-order chi connectivity index (χ1) is 8.65. The number of rotatable bonds is 4. The number of hydrogen-bond acceptors (Lipinski definition) is 4. The van der Waals surface area contributed by atoms with Crippen LogP contribution in [0.3, 0.4) is 0 Å². The van der Waals surface area contributed by atoms with Crippen LogP contribution in [0.2, 0.25) is 5.02 Å². The van der Waals surface area contributed by atoms with E-state index in [-0.39, 0.29) is 0 Å². The van der Waals surface area contributed by atoms with Crippen molar-refractivity contribution in [2.45, 2.75) is 6.29 Å². The highest BCUT2D eigenvalue weighted by Crippen LogP contribution is 2.30. The van der Waals surface area contributed by atoms with E-state index in [0.29, 0.717) is 21.3 Å². The molecule has 0 aliphatic carbocycles. The summed E-state index contributed by atoms with van der Waals surface area (Å²) in [5.41, 5.74) is 1.04. The molecule has 0 unspecified atom stereocenters. The fourth-order valence-corrected chi connectivity index (χ4v) is 2.52. The van der Waals surface area contributed by atoms with Crippen LogP contribution in [0.1, 0.15) is 12.0 Å². The van der Waals surface area contributed by atoms with Crippen LogP contribution in [0, 0.1) is 5.82 Å². The molecule has 2 rings (SSSR count). The van der Waals surface area contributed by atoms with Gasteiger partial charge in [-0.1, -0.05) is 11.6 Å². The Morgan fingerprint density at radius 1 is 1.33 bits per heavy atom. The average molecular weight is 288 g/mol. The summed E-state index contributed by atoms with van der Waals surface area (Å²) in [5, 5.41) is 2.71. The lowest BCUT2D eigenvalue weighted by atomic mass is 10.2. The molecule has 0 atom stereocenters. The molecule has 0 saturated carbocycles. The van der Waals surface area contributed by atoms with Crippen LogP contribution in [0.4, 0.5) is 4.39 Å². The minimum absolute atomic E-state index is 0.361. The van der Waals surface area contributed by atoms with Crippen LogP contribution >= 0.6 is 22.9 Å². The molecule has 1 heterocycles. The van der Waals surface area contributed by atoms with Crippen molar-refractivity contribution in [1.82, 2.24) is 4.98 Å². The minimum atomic E-state index is -0.537. The first kappa shape index (κ1) is 13.4. The van der Waals surface area contributed by atoms with Crippen molar-refractivity contribution in [3.05, 3.63) is 40.1 Å². The van der Waals surface area contributed by atoms with Crippen LogP contribution in [-0.4, -0.2) is 19.2 Å². The normalized spacial score (nSPS) is 11.2. The van der Waals surface area contributed by atoms with Crippen LogP contribution in [0.25, 0.3) is 10.6 Å². The highest BCUT2D eigenvalue weighted by molar-refractivity contribution is 7.13. The molecule has 6 heteroatoms. The molecule has 0 saturated heterocycles. The predicted molar refractivity (Wildman–Crippen MR) is 69.3 cm³/mol. The van der Waals surface area contributed by atoms with Crippen molar-refractivity contribution < 1.29 is 13.9 Å². The highest BCUT2D eigenvalue weighted by atomic mass is 35.5. The van der Waals surface area contributed by atoms with Crippen LogP contribution in [0.15, 0.2) is 23.6 Å². The predicted octanol–water partition coefficient (Wildman–Crippen LogP) is 3.89. The molecule has 0 spiro atoms. The van der Waals surface area contributed by atoms with E-state index in [0.717, 1.165) is 0 Å². The zero-order chi connectivity index (χ0) is 13.1. The Kier molecular flexibility index (Phi) is 4.29. The summed E-state index contributed by atoms with van der Waals surface area (Å²) >= 11 is 7.04. The van der Waals surface area contributed by atoms with E-state index >= 15 is 0 Å². The summed E-state index contributed by atoms with van der Waals surface area (Å²) in [6.45, 7) is 0. The molecule has 0 bridgehead atoms. The Morgan fingerprint density at radius 2 is 2.06 bits per heavy atom. The maximum absolute atomic E-state index is 13.7. The summed E-state index contributed by atoms with van der Waals surface area (Å²) < 4.78 is 23.9. The van der Waals surface area contributed by atoms with Gasteiger partial charge in [0.1, 0.15) is 16.5 Å². The Hall–Kier alpha value is -1.01. The Labute approximate surface area is 113 Å². The molecule has 18 heavy (non-hydrogen) atoms. The Bertz CT molecular complexity index is 543. The van der Waals surface area contributed by atoms with E-state index in [1.807, 2.05) is 0 Å². The Morgan fingerprint density at radius 3 is 2.67 bits per heavy atom. The summed E-state index contributed by atoms with van der Waals surface area (Å²) in [6.07, 6.45) is -0.537. The van der Waals surface area contributed by atoms with Crippen molar-refractivity contribution in [3.8, 4) is 10.6 Å². The van der Waals surface area contributed by atoms with Gasteiger partial charge in [0.25, 0.3) is 0 Å². The first-order valence-electron chi connectivity index (χ1n) is 5.12. The maximum Gasteiger partial charge on any atom is 0.201 e. The highest BCUT2D eigenvalue weighted by Gasteiger charge is 2.16. The van der Waals surface area contributed by atoms with Crippen molar-refractivity contribution in [1.29, 1.82) is 0 Å². The zero-order valence-corrected chi connectivity index (χ0v) is 11.4. The molecular formula is C12H11ClFNO2S. The monoisotopic (exact) mass is 287 g/mol. The number of ether oxygens (including phenoxy) is 2. The van der Waals surface area contributed by atoms with Gasteiger partial charge >= 0.3 is 0 Å². The summed E-state index contributed by atoms with van der Waals surface area (Å²) in [5.74, 6) is -0.394. The maximum atomic E-state index is 13.7. The molecule has 0 aliphatic rings. The molecule has 0 N–H and O–H groups in total. The van der Waals surface area contributed by atoms with Gasteiger partial charge in [-0.25, -0.2) is 9.37 Å². The van der Waals surface area contributed by atoms with Crippen LogP contribution < -0.4 is 0 Å². The smallest absolute Gasteiger partial charge is 0.201 e. The summed E-state index contributed by atoms with van der Waals surface area (Å²) in [6, 6.07) is 4.50. The molecule has 0 aliphatic heterocycles. The van der Waals surface area contributed by atoms with Crippen molar-refractivity contribution in [2.75, 3.05) is 14.2 Å². The fraction of sp³-hybridized carbons (Fsp3) is 0.250. The number of benzene rings is 1. The molecule has 1 aromatic carbocycles. The van der Waals surface area contributed by atoms with E-state index in [1.54, 1.807) is 17.5 Å². The fourth-order valence-electron chi connectivity index (χ4n) is 1.52. The van der Waals surface area contributed by atoms with Gasteiger partial charge in [0.05, 0.1) is 0 Å². The molecule has 0 amide bonds. The minimum Gasteiger partial charge on any atom is -0.350 e. The third-order valence-corrected chi connectivity index (χ3v) is 3.48. The lowest BCUT2D eigenvalue weighted by Crippen LogP contribution is -2.03. The van der Waals surface area contributed by atoms with E-state index < -0.39 is 12.1 Å². The number of nitrogens with zero attached hydrogens (tertiary/aromatic N) is 1. The number of thiazole rings is 1. The van der Waals surface area contributed by atoms with Gasteiger partial charge in [0.2, 0.25) is 6.29 Å². The van der Waals surface area contributed by atoms with Crippen molar-refractivity contribution in [3.63, 3.8) is 0 Å². The number of halogens is 2.